The van der Waals surface area contributed by atoms with E-state index in [1.54, 1.807) is 0 Å². The summed E-state index contributed by atoms with van der Waals surface area (Å²) < 4.78 is 5.38. The van der Waals surface area contributed by atoms with Crippen molar-refractivity contribution in [1.82, 2.24) is 25.1 Å². The Morgan fingerprint density at radius 3 is 2.67 bits per heavy atom. The smallest absolute Gasteiger partial charge is 0.248 e. The third-order valence-electron chi connectivity index (χ3n) is 3.73. The summed E-state index contributed by atoms with van der Waals surface area (Å²) in [6.07, 6.45) is 2.32. The molecule has 0 fully saturated rings. The third-order valence-corrected chi connectivity index (χ3v) is 3.73. The molecule has 1 N–H and O–H groups in total. The number of aromatic nitrogens is 5. The topological polar surface area (TPSA) is 89.6 Å². The average molecular weight is 326 g/mol. The summed E-state index contributed by atoms with van der Waals surface area (Å²) in [5.74, 6) is 2.49. The number of hydrogen-bond acceptors (Lipinski definition) is 7. The van der Waals surface area contributed by atoms with Gasteiger partial charge in [-0.15, -0.1) is 0 Å². The number of anilines is 1. The fourth-order valence-corrected chi connectivity index (χ4v) is 2.68. The summed E-state index contributed by atoms with van der Waals surface area (Å²) in [5, 5.41) is 8.29. The summed E-state index contributed by atoms with van der Waals surface area (Å²) in [6.45, 7) is 10.2. The molecule has 0 aliphatic rings. The first kappa shape index (κ1) is 16.3. The van der Waals surface area contributed by atoms with Gasteiger partial charge in [0.05, 0.1) is 5.39 Å². The number of aryl methyl sites for hydroxylation is 2. The van der Waals surface area contributed by atoms with Crippen molar-refractivity contribution in [1.29, 1.82) is 0 Å². The highest BCUT2D eigenvalue weighted by molar-refractivity contribution is 5.89. The molecule has 1 atom stereocenters. The van der Waals surface area contributed by atoms with Crippen molar-refractivity contribution in [2.45, 2.75) is 47.1 Å². The van der Waals surface area contributed by atoms with E-state index in [1.165, 1.54) is 6.33 Å². The largest absolute Gasteiger partial charge is 0.358 e. The second-order valence-electron chi connectivity index (χ2n) is 6.51. The summed E-state index contributed by atoms with van der Waals surface area (Å²) in [4.78, 5) is 17.6. The maximum atomic E-state index is 5.38. The maximum absolute atomic E-state index is 5.38. The van der Waals surface area contributed by atoms with Gasteiger partial charge in [-0.05, 0) is 38.3 Å². The molecule has 7 nitrogen and oxygen atoms in total. The monoisotopic (exact) mass is 326 g/mol. The fraction of sp³-hybridized carbons (Fsp3) is 0.471. The Labute approximate surface area is 140 Å². The number of rotatable bonds is 5. The minimum Gasteiger partial charge on any atom is -0.358 e. The molecular weight excluding hydrogens is 304 g/mol. The van der Waals surface area contributed by atoms with Crippen LogP contribution >= 0.6 is 0 Å². The predicted octanol–water partition coefficient (Wildman–Crippen LogP) is 3.40. The molecule has 0 spiro atoms. The molecule has 0 amide bonds. The summed E-state index contributed by atoms with van der Waals surface area (Å²) in [7, 11) is 0. The quantitative estimate of drug-likeness (QED) is 0.768. The molecule has 0 saturated heterocycles. The molecule has 24 heavy (non-hydrogen) atoms. The van der Waals surface area contributed by atoms with Crippen LogP contribution in [0.1, 0.15) is 49.8 Å². The number of nitrogens with one attached hydrogen (secondary N) is 1. The van der Waals surface area contributed by atoms with Gasteiger partial charge in [0.1, 0.15) is 18.2 Å². The summed E-state index contributed by atoms with van der Waals surface area (Å²) in [5.41, 5.74) is 2.70. The van der Waals surface area contributed by atoms with Crippen LogP contribution < -0.4 is 5.32 Å². The van der Waals surface area contributed by atoms with Crippen molar-refractivity contribution in [3.05, 3.63) is 35.4 Å². The van der Waals surface area contributed by atoms with Crippen molar-refractivity contribution in [3.8, 4) is 0 Å². The van der Waals surface area contributed by atoms with E-state index in [-0.39, 0.29) is 6.04 Å². The van der Waals surface area contributed by atoms with Crippen LogP contribution in [-0.4, -0.2) is 25.1 Å². The van der Waals surface area contributed by atoms with Gasteiger partial charge < -0.3 is 9.84 Å². The minimum atomic E-state index is -0.155. The van der Waals surface area contributed by atoms with Gasteiger partial charge >= 0.3 is 0 Å². The highest BCUT2D eigenvalue weighted by Crippen LogP contribution is 2.25. The second kappa shape index (κ2) is 6.51. The van der Waals surface area contributed by atoms with Crippen LogP contribution in [0.4, 0.5) is 5.82 Å². The molecule has 0 bridgehead atoms. The van der Waals surface area contributed by atoms with Gasteiger partial charge in [0.25, 0.3) is 0 Å². The van der Waals surface area contributed by atoms with E-state index in [4.69, 9.17) is 4.52 Å². The van der Waals surface area contributed by atoms with Gasteiger partial charge in [0.15, 0.2) is 11.5 Å². The molecule has 126 valence electrons. The molecule has 0 radical (unpaired) electrons. The second-order valence-corrected chi connectivity index (χ2v) is 6.51. The van der Waals surface area contributed by atoms with E-state index >= 15 is 0 Å². The van der Waals surface area contributed by atoms with Crippen LogP contribution in [0.5, 0.6) is 0 Å². The first-order chi connectivity index (χ1) is 11.4. The van der Waals surface area contributed by atoms with Crippen LogP contribution in [0.3, 0.4) is 0 Å². The van der Waals surface area contributed by atoms with Crippen LogP contribution in [0.2, 0.25) is 0 Å². The number of pyridine rings is 1. The van der Waals surface area contributed by atoms with Crippen molar-refractivity contribution >= 4 is 16.9 Å². The first-order valence-corrected chi connectivity index (χ1v) is 8.12. The molecule has 0 aromatic carbocycles. The molecule has 0 aliphatic carbocycles. The van der Waals surface area contributed by atoms with Gasteiger partial charge in [-0.3, -0.25) is 0 Å². The summed E-state index contributed by atoms with van der Waals surface area (Å²) in [6, 6.07) is 1.87. The van der Waals surface area contributed by atoms with E-state index in [9.17, 15) is 0 Å². The molecule has 0 unspecified atom stereocenters. The van der Waals surface area contributed by atoms with Gasteiger partial charge in [-0.2, -0.15) is 4.98 Å². The number of nitrogens with zero attached hydrogens (tertiary/aromatic N) is 5. The van der Waals surface area contributed by atoms with Crippen LogP contribution in [-0.2, 0) is 6.42 Å². The SMILES string of the molecule is Cc1cc(C)c2c(N[C@@H](C)c3nc(CC(C)C)no3)ncnc2n1. The normalized spacial score (nSPS) is 12.8. The zero-order valence-corrected chi connectivity index (χ0v) is 14.7. The van der Waals surface area contributed by atoms with Crippen LogP contribution in [0.25, 0.3) is 11.0 Å². The van der Waals surface area contributed by atoms with E-state index in [0.717, 1.165) is 34.7 Å². The fourth-order valence-electron chi connectivity index (χ4n) is 2.68. The molecule has 0 aliphatic heterocycles. The molecule has 3 aromatic rings. The zero-order valence-electron chi connectivity index (χ0n) is 14.7. The highest BCUT2D eigenvalue weighted by Gasteiger charge is 2.17. The average Bonchev–Trinajstić information content (AvgIpc) is 2.94. The number of fused-ring (bicyclic) bond motifs is 1. The Kier molecular flexibility index (Phi) is 4.42. The minimum absolute atomic E-state index is 0.155. The van der Waals surface area contributed by atoms with E-state index in [1.807, 2.05) is 26.8 Å². The van der Waals surface area contributed by atoms with Crippen molar-refractivity contribution < 1.29 is 4.52 Å². The summed E-state index contributed by atoms with van der Waals surface area (Å²) >= 11 is 0. The van der Waals surface area contributed by atoms with Gasteiger partial charge in [-0.1, -0.05) is 19.0 Å². The lowest BCUT2D eigenvalue weighted by molar-refractivity contribution is 0.361. The Hall–Kier alpha value is -2.57. The Balaban J connectivity index is 1.88. The Bertz CT molecular complexity index is 857. The van der Waals surface area contributed by atoms with E-state index < -0.39 is 0 Å². The lowest BCUT2D eigenvalue weighted by atomic mass is 10.1. The molecule has 3 heterocycles. The Morgan fingerprint density at radius 1 is 1.12 bits per heavy atom. The van der Waals surface area contributed by atoms with Gasteiger partial charge in [0.2, 0.25) is 5.89 Å². The van der Waals surface area contributed by atoms with Crippen molar-refractivity contribution in [2.75, 3.05) is 5.32 Å². The van der Waals surface area contributed by atoms with E-state index in [0.29, 0.717) is 17.5 Å². The molecular formula is C17H22N6O. The van der Waals surface area contributed by atoms with Crippen molar-refractivity contribution in [2.24, 2.45) is 5.92 Å². The zero-order chi connectivity index (χ0) is 17.3. The third kappa shape index (κ3) is 3.34. The van der Waals surface area contributed by atoms with Crippen molar-refractivity contribution in [3.63, 3.8) is 0 Å². The first-order valence-electron chi connectivity index (χ1n) is 8.12. The van der Waals surface area contributed by atoms with Crippen LogP contribution in [0.15, 0.2) is 16.9 Å². The lowest BCUT2D eigenvalue weighted by Crippen LogP contribution is -2.10. The van der Waals surface area contributed by atoms with Crippen LogP contribution in [0, 0.1) is 19.8 Å². The maximum Gasteiger partial charge on any atom is 0.248 e. The molecule has 3 aromatic heterocycles. The lowest BCUT2D eigenvalue weighted by Gasteiger charge is -2.13. The van der Waals surface area contributed by atoms with Gasteiger partial charge in [-0.25, -0.2) is 15.0 Å². The predicted molar refractivity (Wildman–Crippen MR) is 91.7 cm³/mol. The van der Waals surface area contributed by atoms with E-state index in [2.05, 4.69) is 44.3 Å². The molecule has 3 rings (SSSR count). The number of hydrogen-bond donors (Lipinski definition) is 1. The standard InChI is InChI=1S/C17H22N6O/c1-9(2)6-13-22-17(24-23-13)12(5)21-16-14-10(3)7-11(4)20-15(14)18-8-19-16/h7-9,12H,6H2,1-5H3,(H,18,19,20,21)/t12-/m0/s1. The Morgan fingerprint density at radius 2 is 1.92 bits per heavy atom. The molecule has 0 saturated carbocycles. The molecule has 7 heteroatoms. The van der Waals surface area contributed by atoms with Gasteiger partial charge in [0, 0.05) is 12.1 Å². The highest BCUT2D eigenvalue weighted by atomic mass is 16.5.